The number of imide groups is 1. The molecule has 0 unspecified atom stereocenters. The number of carbonyl (C=O) groups excluding carboxylic acids is 2. The van der Waals surface area contributed by atoms with Gasteiger partial charge < -0.3 is 9.84 Å². The molecule has 1 fully saturated rings. The topological polar surface area (TPSA) is 92.6 Å². The minimum Gasteiger partial charge on any atom is -0.447 e. The van der Waals surface area contributed by atoms with Crippen LogP contribution in [-0.2, 0) is 9.53 Å². The molecule has 30 heavy (non-hydrogen) atoms. The molecule has 0 aromatic carbocycles. The third-order valence-electron chi connectivity index (χ3n) is 5.04. The Morgan fingerprint density at radius 2 is 1.97 bits per heavy atom. The lowest BCUT2D eigenvalue weighted by atomic mass is 9.99. The summed E-state index contributed by atoms with van der Waals surface area (Å²) in [6.45, 7) is 9.87. The summed E-state index contributed by atoms with van der Waals surface area (Å²) in [7, 11) is 0. The number of aliphatic hydroxyl groups is 1. The average molecular weight is 450 g/mol. The molecule has 0 saturated carbocycles. The molecule has 3 atom stereocenters. The molecule has 7 nitrogen and oxygen atoms in total. The number of carbonyl (C=O) groups is 2. The lowest BCUT2D eigenvalue weighted by Gasteiger charge is -2.26. The third-order valence-corrected chi connectivity index (χ3v) is 7.06. The Labute approximate surface area is 184 Å². The zero-order valence-corrected chi connectivity index (χ0v) is 19.4. The van der Waals surface area contributed by atoms with Crippen molar-refractivity contribution >= 4 is 40.8 Å². The van der Waals surface area contributed by atoms with Crippen molar-refractivity contribution in [2.45, 2.75) is 52.7 Å². The average Bonchev–Trinajstić information content (AvgIpc) is 3.43. The SMILES string of the molecule is CC(C)c1nc(-c2nc(/C=C/[C@H](O)[C@@H](C)C(=O)N3C(=O)OC[C@@H]3C(C)C)cs2)cs1. The molecule has 3 rings (SSSR count). The van der Waals surface area contributed by atoms with E-state index >= 15 is 0 Å². The van der Waals surface area contributed by atoms with Gasteiger partial charge in [-0.3, -0.25) is 4.79 Å². The first-order valence-electron chi connectivity index (χ1n) is 9.96. The van der Waals surface area contributed by atoms with Crippen LogP contribution in [0.1, 0.15) is 51.2 Å². The number of cyclic esters (lactones) is 1. The fraction of sp³-hybridized carbons (Fsp3) is 0.524. The first-order chi connectivity index (χ1) is 14.2. The molecular formula is C21H27N3O4S2. The smallest absolute Gasteiger partial charge is 0.416 e. The highest BCUT2D eigenvalue weighted by molar-refractivity contribution is 7.14. The first kappa shape index (κ1) is 22.6. The van der Waals surface area contributed by atoms with Gasteiger partial charge in [-0.2, -0.15) is 0 Å². The van der Waals surface area contributed by atoms with Gasteiger partial charge in [-0.05, 0) is 12.0 Å². The van der Waals surface area contributed by atoms with Crippen molar-refractivity contribution in [3.63, 3.8) is 0 Å². The van der Waals surface area contributed by atoms with Crippen molar-refractivity contribution in [1.82, 2.24) is 14.9 Å². The molecule has 0 aliphatic carbocycles. The molecule has 0 radical (unpaired) electrons. The van der Waals surface area contributed by atoms with E-state index in [-0.39, 0.29) is 18.6 Å². The monoisotopic (exact) mass is 449 g/mol. The van der Waals surface area contributed by atoms with Crippen LogP contribution in [0.2, 0.25) is 0 Å². The predicted molar refractivity (Wildman–Crippen MR) is 118 cm³/mol. The van der Waals surface area contributed by atoms with Gasteiger partial charge in [0.05, 0.1) is 28.8 Å². The Balaban J connectivity index is 1.66. The number of nitrogens with zero attached hydrogens (tertiary/aromatic N) is 3. The second-order valence-electron chi connectivity index (χ2n) is 8.04. The Bertz CT molecular complexity index is 934. The van der Waals surface area contributed by atoms with Crippen molar-refractivity contribution < 1.29 is 19.4 Å². The lowest BCUT2D eigenvalue weighted by molar-refractivity contribution is -0.136. The summed E-state index contributed by atoms with van der Waals surface area (Å²) in [6, 6.07) is -0.307. The maximum absolute atomic E-state index is 12.8. The van der Waals surface area contributed by atoms with Gasteiger partial charge in [-0.15, -0.1) is 22.7 Å². The number of rotatable bonds is 7. The lowest BCUT2D eigenvalue weighted by Crippen LogP contribution is -2.46. The summed E-state index contributed by atoms with van der Waals surface area (Å²) in [5.41, 5.74) is 1.54. The van der Waals surface area contributed by atoms with Crippen LogP contribution < -0.4 is 0 Å². The van der Waals surface area contributed by atoms with Crippen LogP contribution >= 0.6 is 22.7 Å². The van der Waals surface area contributed by atoms with Crippen LogP contribution in [-0.4, -0.2) is 50.7 Å². The van der Waals surface area contributed by atoms with Crippen LogP contribution in [0.4, 0.5) is 4.79 Å². The van der Waals surface area contributed by atoms with Gasteiger partial charge in [0.2, 0.25) is 5.91 Å². The van der Waals surface area contributed by atoms with Crippen LogP contribution in [0.15, 0.2) is 16.8 Å². The number of hydrogen-bond donors (Lipinski definition) is 1. The minimum atomic E-state index is -1.05. The molecule has 162 valence electrons. The molecule has 1 saturated heterocycles. The highest BCUT2D eigenvalue weighted by Gasteiger charge is 2.42. The standard InChI is InChI=1S/C21H27N3O4S2/c1-11(2)16-8-28-21(27)24(16)20(26)13(5)17(25)7-6-14-9-29-19(22-14)15-10-30-18(23-15)12(3)4/h6-7,9-13,16-17,25H,8H2,1-5H3/b7-6+/t13-,16-,17+/m1/s1. The van der Waals surface area contributed by atoms with Gasteiger partial charge in [-0.25, -0.2) is 19.7 Å². The van der Waals surface area contributed by atoms with E-state index in [1.165, 1.54) is 17.4 Å². The van der Waals surface area contributed by atoms with Crippen LogP contribution in [0.5, 0.6) is 0 Å². The van der Waals surface area contributed by atoms with Crippen LogP contribution in [0.25, 0.3) is 16.8 Å². The Morgan fingerprint density at radius 3 is 2.60 bits per heavy atom. The minimum absolute atomic E-state index is 0.0793. The summed E-state index contributed by atoms with van der Waals surface area (Å²) in [5, 5.41) is 16.3. The summed E-state index contributed by atoms with van der Waals surface area (Å²) >= 11 is 3.10. The number of ether oxygens (including phenoxy) is 1. The van der Waals surface area contributed by atoms with E-state index in [2.05, 4.69) is 23.8 Å². The van der Waals surface area contributed by atoms with E-state index < -0.39 is 24.0 Å². The van der Waals surface area contributed by atoms with Gasteiger partial charge in [0.1, 0.15) is 17.3 Å². The Hall–Kier alpha value is -2.10. The van der Waals surface area contributed by atoms with E-state index in [0.717, 1.165) is 20.6 Å². The molecule has 3 heterocycles. The molecule has 0 bridgehead atoms. The van der Waals surface area contributed by atoms with Gasteiger partial charge in [0.25, 0.3) is 0 Å². The van der Waals surface area contributed by atoms with E-state index in [0.29, 0.717) is 11.6 Å². The zero-order chi connectivity index (χ0) is 22.0. The maximum Gasteiger partial charge on any atom is 0.416 e. The summed E-state index contributed by atoms with van der Waals surface area (Å²) in [5.74, 6) is -0.759. The van der Waals surface area contributed by atoms with E-state index in [1.807, 2.05) is 24.6 Å². The van der Waals surface area contributed by atoms with E-state index in [9.17, 15) is 14.7 Å². The number of hydrogen-bond acceptors (Lipinski definition) is 8. The number of aromatic nitrogens is 2. The molecule has 2 aromatic rings. The fourth-order valence-electron chi connectivity index (χ4n) is 3.04. The van der Waals surface area contributed by atoms with Gasteiger partial charge in [0, 0.05) is 16.7 Å². The molecule has 9 heteroatoms. The van der Waals surface area contributed by atoms with Crippen molar-refractivity contribution in [3.05, 3.63) is 27.5 Å². The normalized spacial score (nSPS) is 19.1. The van der Waals surface area contributed by atoms with Gasteiger partial charge >= 0.3 is 6.09 Å². The van der Waals surface area contributed by atoms with E-state index in [1.54, 1.807) is 24.3 Å². The van der Waals surface area contributed by atoms with Crippen molar-refractivity contribution in [3.8, 4) is 10.7 Å². The largest absolute Gasteiger partial charge is 0.447 e. The van der Waals surface area contributed by atoms with Crippen molar-refractivity contribution in [1.29, 1.82) is 0 Å². The quantitative estimate of drug-likeness (QED) is 0.673. The van der Waals surface area contributed by atoms with Crippen molar-refractivity contribution in [2.75, 3.05) is 6.61 Å². The highest BCUT2D eigenvalue weighted by Crippen LogP contribution is 2.29. The summed E-state index contributed by atoms with van der Waals surface area (Å²) < 4.78 is 5.03. The summed E-state index contributed by atoms with van der Waals surface area (Å²) in [6.07, 6.45) is 1.53. The van der Waals surface area contributed by atoms with Gasteiger partial charge in [0.15, 0.2) is 0 Å². The Morgan fingerprint density at radius 1 is 1.23 bits per heavy atom. The molecule has 1 aliphatic heterocycles. The molecule has 0 spiro atoms. The van der Waals surface area contributed by atoms with E-state index in [4.69, 9.17) is 4.74 Å². The highest BCUT2D eigenvalue weighted by atomic mass is 32.1. The maximum atomic E-state index is 12.8. The number of amides is 2. The Kier molecular flexibility index (Phi) is 7.05. The second kappa shape index (κ2) is 9.36. The number of thiazole rings is 2. The van der Waals surface area contributed by atoms with Crippen LogP contribution in [0.3, 0.4) is 0 Å². The van der Waals surface area contributed by atoms with Crippen molar-refractivity contribution in [2.24, 2.45) is 11.8 Å². The molecular weight excluding hydrogens is 422 g/mol. The second-order valence-corrected chi connectivity index (χ2v) is 9.79. The summed E-state index contributed by atoms with van der Waals surface area (Å²) in [4.78, 5) is 35.1. The molecule has 1 N–H and O–H groups in total. The zero-order valence-electron chi connectivity index (χ0n) is 17.7. The first-order valence-corrected chi connectivity index (χ1v) is 11.7. The predicted octanol–water partition coefficient (Wildman–Crippen LogP) is 4.40. The molecule has 1 aliphatic rings. The molecule has 2 aromatic heterocycles. The van der Waals surface area contributed by atoms with Crippen LogP contribution in [0, 0.1) is 11.8 Å². The number of aliphatic hydroxyl groups excluding tert-OH is 1. The third kappa shape index (κ3) is 4.79. The van der Waals surface area contributed by atoms with Gasteiger partial charge in [-0.1, -0.05) is 40.7 Å². The molecule has 2 amide bonds. The fourth-order valence-corrected chi connectivity index (χ4v) is 4.68.